The van der Waals surface area contributed by atoms with Crippen LogP contribution in [0.4, 0.5) is 8.78 Å². The topological polar surface area (TPSA) is 32.3 Å². The lowest BCUT2D eigenvalue weighted by Gasteiger charge is -2.39. The Morgan fingerprint density at radius 1 is 1.19 bits per heavy atom. The van der Waals surface area contributed by atoms with E-state index in [9.17, 15) is 13.6 Å². The molecule has 2 heterocycles. The zero-order chi connectivity index (χ0) is 15.0. The minimum Gasteiger partial charge on any atom is -0.338 e. The molecule has 0 aliphatic carbocycles. The zero-order valence-electron chi connectivity index (χ0n) is 11.6. The Morgan fingerprint density at radius 2 is 1.81 bits per heavy atom. The van der Waals surface area contributed by atoms with E-state index in [1.54, 1.807) is 4.90 Å². The molecule has 0 unspecified atom stereocenters. The number of carbonyl (C=O) groups excluding carboxylic acids is 1. The van der Waals surface area contributed by atoms with Crippen molar-refractivity contribution in [1.29, 1.82) is 0 Å². The van der Waals surface area contributed by atoms with E-state index in [1.165, 1.54) is 0 Å². The van der Waals surface area contributed by atoms with Crippen LogP contribution in [0.15, 0.2) is 16.6 Å². The molecule has 0 radical (unpaired) electrons. The summed E-state index contributed by atoms with van der Waals surface area (Å²) in [5.74, 6) is -2.16. The van der Waals surface area contributed by atoms with Crippen molar-refractivity contribution in [2.75, 3.05) is 26.2 Å². The van der Waals surface area contributed by atoms with Gasteiger partial charge >= 0.3 is 0 Å². The highest BCUT2D eigenvalue weighted by Gasteiger charge is 2.38. The Bertz CT molecular complexity index is 540. The summed E-state index contributed by atoms with van der Waals surface area (Å²) in [4.78, 5) is 13.9. The number of piperidine rings is 1. The number of benzene rings is 1. The number of carbonyl (C=O) groups is 1. The first kappa shape index (κ1) is 14.9. The quantitative estimate of drug-likeness (QED) is 0.836. The first-order valence-corrected chi connectivity index (χ1v) is 7.95. The molecule has 3 nitrogen and oxygen atoms in total. The van der Waals surface area contributed by atoms with Crippen LogP contribution in [0, 0.1) is 17.0 Å². The molecule has 2 saturated heterocycles. The van der Waals surface area contributed by atoms with Gasteiger partial charge in [0.25, 0.3) is 5.91 Å². The monoisotopic (exact) mass is 358 g/mol. The molecule has 1 N–H and O–H groups in total. The van der Waals surface area contributed by atoms with Gasteiger partial charge in [0.05, 0.1) is 0 Å². The van der Waals surface area contributed by atoms with Crippen molar-refractivity contribution in [1.82, 2.24) is 10.2 Å². The highest BCUT2D eigenvalue weighted by molar-refractivity contribution is 9.10. The fourth-order valence-electron chi connectivity index (χ4n) is 3.31. The second-order valence-electron chi connectivity index (χ2n) is 5.96. The molecule has 2 aliphatic rings. The van der Waals surface area contributed by atoms with Gasteiger partial charge in [-0.1, -0.05) is 15.9 Å². The van der Waals surface area contributed by atoms with Gasteiger partial charge in [0.2, 0.25) is 0 Å². The lowest BCUT2D eigenvalue weighted by molar-refractivity contribution is 0.0598. The molecule has 2 fully saturated rings. The molecule has 114 valence electrons. The van der Waals surface area contributed by atoms with Crippen LogP contribution in [-0.2, 0) is 0 Å². The number of rotatable bonds is 1. The Labute approximate surface area is 130 Å². The van der Waals surface area contributed by atoms with Crippen molar-refractivity contribution in [3.8, 4) is 0 Å². The van der Waals surface area contributed by atoms with Gasteiger partial charge in [0, 0.05) is 24.1 Å². The summed E-state index contributed by atoms with van der Waals surface area (Å²) < 4.78 is 28.1. The molecule has 1 spiro atoms. The van der Waals surface area contributed by atoms with E-state index >= 15 is 0 Å². The first-order valence-electron chi connectivity index (χ1n) is 7.15. The Balaban J connectivity index is 1.75. The SMILES string of the molecule is O=C(c1c(F)cc(Br)cc1F)N1CCC2(CCNC2)CC1. The minimum atomic E-state index is -0.810. The van der Waals surface area contributed by atoms with Crippen LogP contribution < -0.4 is 5.32 Å². The summed E-state index contributed by atoms with van der Waals surface area (Å²) in [6.07, 6.45) is 2.91. The van der Waals surface area contributed by atoms with E-state index < -0.39 is 23.1 Å². The van der Waals surface area contributed by atoms with Gasteiger partial charge in [0.1, 0.15) is 17.2 Å². The summed E-state index contributed by atoms with van der Waals surface area (Å²) in [5.41, 5.74) is -0.174. The molecule has 1 amide bonds. The summed E-state index contributed by atoms with van der Waals surface area (Å²) in [6.45, 7) is 3.13. The number of hydrogen-bond acceptors (Lipinski definition) is 2. The lowest BCUT2D eigenvalue weighted by atomic mass is 9.78. The van der Waals surface area contributed by atoms with E-state index in [2.05, 4.69) is 21.2 Å². The fraction of sp³-hybridized carbons (Fsp3) is 0.533. The molecule has 1 aromatic rings. The molecular formula is C15H17BrF2N2O. The maximum absolute atomic E-state index is 13.9. The summed E-state index contributed by atoms with van der Waals surface area (Å²) in [6, 6.07) is 2.26. The first-order chi connectivity index (χ1) is 10.0. The summed E-state index contributed by atoms with van der Waals surface area (Å²) >= 11 is 3.02. The summed E-state index contributed by atoms with van der Waals surface area (Å²) in [5, 5.41) is 3.35. The molecule has 0 saturated carbocycles. The van der Waals surface area contributed by atoms with Crippen LogP contribution in [0.1, 0.15) is 29.6 Å². The smallest absolute Gasteiger partial charge is 0.259 e. The van der Waals surface area contributed by atoms with Crippen LogP contribution in [0.5, 0.6) is 0 Å². The van der Waals surface area contributed by atoms with E-state index in [1.807, 2.05) is 0 Å². The molecule has 0 bridgehead atoms. The maximum atomic E-state index is 13.9. The molecule has 1 aromatic carbocycles. The largest absolute Gasteiger partial charge is 0.338 e. The Morgan fingerprint density at radius 3 is 2.33 bits per heavy atom. The number of halogens is 3. The van der Waals surface area contributed by atoms with E-state index in [-0.39, 0.29) is 5.41 Å². The van der Waals surface area contributed by atoms with Gasteiger partial charge in [-0.3, -0.25) is 4.79 Å². The predicted octanol–water partition coefficient (Wildman–Crippen LogP) is 2.94. The summed E-state index contributed by atoms with van der Waals surface area (Å²) in [7, 11) is 0. The van der Waals surface area contributed by atoms with Crippen LogP contribution in [-0.4, -0.2) is 37.0 Å². The van der Waals surface area contributed by atoms with Crippen molar-refractivity contribution in [2.45, 2.75) is 19.3 Å². The van der Waals surface area contributed by atoms with E-state index in [4.69, 9.17) is 0 Å². The van der Waals surface area contributed by atoms with Crippen molar-refractivity contribution in [2.24, 2.45) is 5.41 Å². The van der Waals surface area contributed by atoms with Gasteiger partial charge in [-0.25, -0.2) is 8.78 Å². The molecule has 6 heteroatoms. The van der Waals surface area contributed by atoms with Gasteiger partial charge < -0.3 is 10.2 Å². The minimum absolute atomic E-state index is 0.271. The third kappa shape index (κ3) is 2.83. The van der Waals surface area contributed by atoms with Gasteiger partial charge in [-0.2, -0.15) is 0 Å². The van der Waals surface area contributed by atoms with Crippen LogP contribution >= 0.6 is 15.9 Å². The lowest BCUT2D eigenvalue weighted by Crippen LogP contribution is -2.44. The third-order valence-electron chi connectivity index (χ3n) is 4.66. The number of nitrogens with zero attached hydrogens (tertiary/aromatic N) is 1. The molecule has 3 rings (SSSR count). The van der Waals surface area contributed by atoms with Crippen LogP contribution in [0.3, 0.4) is 0 Å². The Hall–Kier alpha value is -1.01. The number of likely N-dealkylation sites (tertiary alicyclic amines) is 1. The predicted molar refractivity (Wildman–Crippen MR) is 79.1 cm³/mol. The maximum Gasteiger partial charge on any atom is 0.259 e. The van der Waals surface area contributed by atoms with Gasteiger partial charge in [-0.05, 0) is 43.4 Å². The molecule has 0 atom stereocenters. The van der Waals surface area contributed by atoms with Crippen LogP contribution in [0.2, 0.25) is 0 Å². The highest BCUT2D eigenvalue weighted by Crippen LogP contribution is 2.37. The van der Waals surface area contributed by atoms with Crippen molar-refractivity contribution in [3.63, 3.8) is 0 Å². The average molecular weight is 359 g/mol. The Kier molecular flexibility index (Phi) is 4.01. The van der Waals surface area contributed by atoms with Crippen molar-refractivity contribution in [3.05, 3.63) is 33.8 Å². The average Bonchev–Trinajstić information content (AvgIpc) is 2.86. The van der Waals surface area contributed by atoms with Crippen molar-refractivity contribution >= 4 is 21.8 Å². The molecule has 21 heavy (non-hydrogen) atoms. The van der Waals surface area contributed by atoms with E-state index in [0.29, 0.717) is 17.6 Å². The normalized spacial score (nSPS) is 21.0. The molecular weight excluding hydrogens is 342 g/mol. The number of hydrogen-bond donors (Lipinski definition) is 1. The fourth-order valence-corrected chi connectivity index (χ4v) is 3.71. The van der Waals surface area contributed by atoms with Crippen LogP contribution in [0.25, 0.3) is 0 Å². The van der Waals surface area contributed by atoms with Gasteiger partial charge in [-0.15, -0.1) is 0 Å². The van der Waals surface area contributed by atoms with E-state index in [0.717, 1.165) is 44.5 Å². The number of amides is 1. The second-order valence-corrected chi connectivity index (χ2v) is 6.88. The highest BCUT2D eigenvalue weighted by atomic mass is 79.9. The van der Waals surface area contributed by atoms with Crippen molar-refractivity contribution < 1.29 is 13.6 Å². The molecule has 2 aliphatic heterocycles. The standard InChI is InChI=1S/C15H17BrF2N2O/c16-10-7-11(17)13(12(18)8-10)14(21)20-5-2-15(3-6-20)1-4-19-9-15/h7-8,19H,1-6,9H2. The third-order valence-corrected chi connectivity index (χ3v) is 5.12. The molecule has 0 aromatic heterocycles. The second kappa shape index (κ2) is 5.65. The van der Waals surface area contributed by atoms with Gasteiger partial charge in [0.15, 0.2) is 0 Å². The zero-order valence-corrected chi connectivity index (χ0v) is 13.2. The number of nitrogens with one attached hydrogen (secondary N) is 1.